The molecule has 0 radical (unpaired) electrons. The van der Waals surface area contributed by atoms with E-state index in [2.05, 4.69) is 0 Å². The molecule has 2 N–H and O–H groups in total. The number of rotatable bonds is 2. The highest BCUT2D eigenvalue weighted by molar-refractivity contribution is 6.32. The van der Waals surface area contributed by atoms with Crippen LogP contribution in [0.5, 0.6) is 11.5 Å². The van der Waals surface area contributed by atoms with E-state index < -0.39 is 5.82 Å². The van der Waals surface area contributed by atoms with Gasteiger partial charge >= 0.3 is 0 Å². The summed E-state index contributed by atoms with van der Waals surface area (Å²) < 4.78 is 19.0. The van der Waals surface area contributed by atoms with Gasteiger partial charge in [-0.25, -0.2) is 4.39 Å². The maximum Gasteiger partial charge on any atom is 0.153 e. The van der Waals surface area contributed by atoms with Crippen molar-refractivity contribution in [3.8, 4) is 11.5 Å². The monoisotopic (exact) mass is 299 g/mol. The predicted octanol–water partition coefficient (Wildman–Crippen LogP) is 5.12. The van der Waals surface area contributed by atoms with Crippen LogP contribution in [0.4, 0.5) is 10.1 Å². The van der Waals surface area contributed by atoms with Crippen LogP contribution >= 0.6 is 23.2 Å². The van der Waals surface area contributed by atoms with Crippen molar-refractivity contribution in [2.75, 3.05) is 5.73 Å². The summed E-state index contributed by atoms with van der Waals surface area (Å²) in [5.74, 6) is 0.198. The van der Waals surface area contributed by atoms with Gasteiger partial charge in [-0.05, 0) is 43.2 Å². The third-order valence-corrected chi connectivity index (χ3v) is 3.58. The molecule has 0 aliphatic rings. The van der Waals surface area contributed by atoms with Gasteiger partial charge in [-0.1, -0.05) is 23.2 Å². The number of anilines is 1. The minimum absolute atomic E-state index is 0.0340. The molecule has 0 spiro atoms. The second kappa shape index (κ2) is 5.27. The van der Waals surface area contributed by atoms with E-state index in [1.807, 2.05) is 13.8 Å². The summed E-state index contributed by atoms with van der Waals surface area (Å²) in [4.78, 5) is 0. The molecular formula is C14H12Cl2FNO. The van der Waals surface area contributed by atoms with Gasteiger partial charge in [0, 0.05) is 11.1 Å². The number of nitrogens with two attached hydrogens (primary N) is 1. The first kappa shape index (κ1) is 14.0. The summed E-state index contributed by atoms with van der Waals surface area (Å²) in [5.41, 5.74) is 7.78. The van der Waals surface area contributed by atoms with E-state index >= 15 is 0 Å². The number of ether oxygens (including phenoxy) is 1. The molecule has 0 amide bonds. The van der Waals surface area contributed by atoms with Gasteiger partial charge in [0.05, 0.1) is 10.7 Å². The Balaban J connectivity index is 2.39. The highest BCUT2D eigenvalue weighted by Crippen LogP contribution is 2.34. The summed E-state index contributed by atoms with van der Waals surface area (Å²) in [6, 6.07) is 6.02. The molecule has 0 saturated heterocycles. The van der Waals surface area contributed by atoms with Crippen LogP contribution in [0.25, 0.3) is 0 Å². The fourth-order valence-corrected chi connectivity index (χ4v) is 2.01. The van der Waals surface area contributed by atoms with Crippen LogP contribution in [0.15, 0.2) is 24.3 Å². The lowest BCUT2D eigenvalue weighted by molar-refractivity contribution is 0.478. The number of benzene rings is 2. The Hall–Kier alpha value is -1.45. The second-order valence-electron chi connectivity index (χ2n) is 4.28. The van der Waals surface area contributed by atoms with Gasteiger partial charge in [0.25, 0.3) is 0 Å². The molecule has 2 aromatic carbocycles. The van der Waals surface area contributed by atoms with E-state index in [0.29, 0.717) is 10.8 Å². The van der Waals surface area contributed by atoms with Crippen molar-refractivity contribution >= 4 is 28.9 Å². The molecule has 2 aromatic rings. The lowest BCUT2D eigenvalue weighted by Gasteiger charge is -2.12. The number of aryl methyl sites for hydroxylation is 2. The van der Waals surface area contributed by atoms with E-state index in [1.165, 1.54) is 6.07 Å². The standard InChI is InChI=1S/C14H12Cl2FNO/c1-7-3-9(4-8(2)14(7)16)19-13-6-11(17)10(15)5-12(13)18/h3-6H,18H2,1-2H3. The Kier molecular flexibility index (Phi) is 3.88. The number of nitrogen functional groups attached to an aromatic ring is 1. The molecule has 0 bridgehead atoms. The smallest absolute Gasteiger partial charge is 0.153 e. The van der Waals surface area contributed by atoms with Crippen molar-refractivity contribution in [1.29, 1.82) is 0 Å². The van der Waals surface area contributed by atoms with Crippen molar-refractivity contribution in [2.24, 2.45) is 0 Å². The van der Waals surface area contributed by atoms with Crippen LogP contribution in [-0.2, 0) is 0 Å². The topological polar surface area (TPSA) is 35.2 Å². The van der Waals surface area contributed by atoms with Gasteiger partial charge in [0.2, 0.25) is 0 Å². The molecule has 5 heteroatoms. The van der Waals surface area contributed by atoms with Crippen LogP contribution in [0.1, 0.15) is 11.1 Å². The molecule has 19 heavy (non-hydrogen) atoms. The molecule has 0 atom stereocenters. The van der Waals surface area contributed by atoms with Crippen molar-refractivity contribution < 1.29 is 9.13 Å². The predicted molar refractivity (Wildman–Crippen MR) is 76.8 cm³/mol. The molecule has 0 heterocycles. The Morgan fingerprint density at radius 1 is 1.05 bits per heavy atom. The third kappa shape index (κ3) is 2.94. The number of hydrogen-bond acceptors (Lipinski definition) is 2. The first-order valence-electron chi connectivity index (χ1n) is 5.57. The largest absolute Gasteiger partial charge is 0.455 e. The van der Waals surface area contributed by atoms with Crippen LogP contribution in [0.3, 0.4) is 0 Å². The Morgan fingerprint density at radius 3 is 2.21 bits per heavy atom. The summed E-state index contributed by atoms with van der Waals surface area (Å²) in [6.45, 7) is 3.74. The first-order valence-corrected chi connectivity index (χ1v) is 6.33. The quantitative estimate of drug-likeness (QED) is 0.781. The van der Waals surface area contributed by atoms with E-state index in [0.717, 1.165) is 17.2 Å². The van der Waals surface area contributed by atoms with E-state index in [4.69, 9.17) is 33.7 Å². The van der Waals surface area contributed by atoms with Gasteiger partial charge in [-0.2, -0.15) is 0 Å². The summed E-state index contributed by atoms with van der Waals surface area (Å²) in [7, 11) is 0. The first-order chi connectivity index (χ1) is 8.88. The zero-order valence-electron chi connectivity index (χ0n) is 10.4. The molecule has 2 nitrogen and oxygen atoms in total. The zero-order chi connectivity index (χ0) is 14.2. The molecule has 100 valence electrons. The summed E-state index contributed by atoms with van der Waals surface area (Å²) >= 11 is 11.7. The minimum atomic E-state index is -0.576. The van der Waals surface area contributed by atoms with E-state index in [9.17, 15) is 4.39 Å². The van der Waals surface area contributed by atoms with Gasteiger partial charge in [-0.3, -0.25) is 0 Å². The lowest BCUT2D eigenvalue weighted by Crippen LogP contribution is -1.95. The molecule has 2 rings (SSSR count). The fraction of sp³-hybridized carbons (Fsp3) is 0.143. The molecule has 0 unspecified atom stereocenters. The minimum Gasteiger partial charge on any atom is -0.455 e. The maximum atomic E-state index is 13.4. The molecule has 0 aromatic heterocycles. The maximum absolute atomic E-state index is 13.4. The summed E-state index contributed by atoms with van der Waals surface area (Å²) in [6.07, 6.45) is 0. The van der Waals surface area contributed by atoms with Crippen molar-refractivity contribution in [2.45, 2.75) is 13.8 Å². The van der Waals surface area contributed by atoms with E-state index in [-0.39, 0.29) is 16.5 Å². The van der Waals surface area contributed by atoms with Crippen LogP contribution in [0, 0.1) is 19.7 Å². The number of halogens is 3. The van der Waals surface area contributed by atoms with Crippen LogP contribution in [0.2, 0.25) is 10.0 Å². The van der Waals surface area contributed by atoms with Crippen LogP contribution in [-0.4, -0.2) is 0 Å². The Bertz CT molecular complexity index is 621. The highest BCUT2D eigenvalue weighted by Gasteiger charge is 2.10. The Labute approximate surface area is 120 Å². The molecule has 0 aliphatic heterocycles. The van der Waals surface area contributed by atoms with Crippen molar-refractivity contribution in [1.82, 2.24) is 0 Å². The third-order valence-electron chi connectivity index (χ3n) is 2.69. The average molecular weight is 300 g/mol. The Morgan fingerprint density at radius 2 is 1.63 bits per heavy atom. The van der Waals surface area contributed by atoms with Crippen molar-refractivity contribution in [3.63, 3.8) is 0 Å². The van der Waals surface area contributed by atoms with Gasteiger partial charge in [0.1, 0.15) is 11.6 Å². The SMILES string of the molecule is Cc1cc(Oc2cc(F)c(Cl)cc2N)cc(C)c1Cl. The number of hydrogen-bond donors (Lipinski definition) is 1. The lowest BCUT2D eigenvalue weighted by atomic mass is 10.1. The van der Waals surface area contributed by atoms with Crippen molar-refractivity contribution in [3.05, 3.63) is 51.3 Å². The molecule has 0 aliphatic carbocycles. The highest BCUT2D eigenvalue weighted by atomic mass is 35.5. The molecule has 0 fully saturated rings. The van der Waals surface area contributed by atoms with Gasteiger partial charge < -0.3 is 10.5 Å². The second-order valence-corrected chi connectivity index (χ2v) is 5.06. The van der Waals surface area contributed by atoms with Gasteiger partial charge in [-0.15, -0.1) is 0 Å². The van der Waals surface area contributed by atoms with Gasteiger partial charge in [0.15, 0.2) is 5.75 Å². The molecular weight excluding hydrogens is 288 g/mol. The molecule has 0 saturated carbocycles. The average Bonchev–Trinajstić information content (AvgIpc) is 2.33. The van der Waals surface area contributed by atoms with Crippen LogP contribution < -0.4 is 10.5 Å². The normalized spacial score (nSPS) is 10.6. The zero-order valence-corrected chi connectivity index (χ0v) is 11.9. The van der Waals surface area contributed by atoms with E-state index in [1.54, 1.807) is 12.1 Å². The fourth-order valence-electron chi connectivity index (χ4n) is 1.72. The summed E-state index contributed by atoms with van der Waals surface area (Å²) in [5, 5.41) is 0.649.